The average Bonchev–Trinajstić information content (AvgIpc) is 2.09. The molecule has 4 nitrogen and oxygen atoms in total. The lowest BCUT2D eigenvalue weighted by molar-refractivity contribution is 0.0696. The number of benzene rings is 1. The van der Waals surface area contributed by atoms with Gasteiger partial charge in [-0.25, -0.2) is 9.18 Å². The standard InChI is InChI=1S/C7H5ClFNO3/c8-4-2-1-3(7(11)12)6(10-13)5(4)9/h1-2,10,13H,(H,11,12). The molecule has 0 spiro atoms. The fourth-order valence-electron chi connectivity index (χ4n) is 0.838. The average molecular weight is 206 g/mol. The molecule has 3 N–H and O–H groups in total. The van der Waals surface area contributed by atoms with Gasteiger partial charge < -0.3 is 5.11 Å². The third-order valence-corrected chi connectivity index (χ3v) is 1.73. The monoisotopic (exact) mass is 205 g/mol. The van der Waals surface area contributed by atoms with Crippen LogP contribution < -0.4 is 5.48 Å². The molecule has 0 radical (unpaired) electrons. The third-order valence-electron chi connectivity index (χ3n) is 1.44. The second-order valence-corrected chi connectivity index (χ2v) is 2.61. The molecule has 6 heteroatoms. The molecule has 0 atom stereocenters. The predicted molar refractivity (Wildman–Crippen MR) is 43.8 cm³/mol. The Kier molecular flexibility index (Phi) is 2.69. The number of carbonyl (C=O) groups is 1. The zero-order valence-corrected chi connectivity index (χ0v) is 6.97. The molecule has 1 aromatic carbocycles. The molecular weight excluding hydrogens is 201 g/mol. The first kappa shape index (κ1) is 9.76. The molecule has 0 aliphatic carbocycles. The number of carboxylic acid groups (broad SMARTS) is 1. The molecule has 1 aromatic rings. The number of carboxylic acids is 1. The highest BCUT2D eigenvalue weighted by Crippen LogP contribution is 2.25. The second-order valence-electron chi connectivity index (χ2n) is 2.20. The Morgan fingerprint density at radius 3 is 2.62 bits per heavy atom. The van der Waals surface area contributed by atoms with Gasteiger partial charge in [-0.05, 0) is 12.1 Å². The van der Waals surface area contributed by atoms with E-state index in [0.29, 0.717) is 0 Å². The number of rotatable bonds is 2. The minimum atomic E-state index is -1.35. The van der Waals surface area contributed by atoms with Crippen LogP contribution >= 0.6 is 11.6 Å². The minimum absolute atomic E-state index is 0.262. The molecule has 13 heavy (non-hydrogen) atoms. The van der Waals surface area contributed by atoms with Gasteiger partial charge >= 0.3 is 5.97 Å². The number of halogens is 2. The van der Waals surface area contributed by atoms with Crippen molar-refractivity contribution in [3.05, 3.63) is 28.5 Å². The summed E-state index contributed by atoms with van der Waals surface area (Å²) in [6, 6.07) is 2.19. The quantitative estimate of drug-likeness (QED) is 0.646. The summed E-state index contributed by atoms with van der Waals surface area (Å²) in [7, 11) is 0. The first-order chi connectivity index (χ1) is 6.07. The van der Waals surface area contributed by atoms with Crippen molar-refractivity contribution >= 4 is 23.3 Å². The van der Waals surface area contributed by atoms with Crippen LogP contribution in [0, 0.1) is 5.82 Å². The summed E-state index contributed by atoms with van der Waals surface area (Å²) in [6.07, 6.45) is 0. The largest absolute Gasteiger partial charge is 0.478 e. The fraction of sp³-hybridized carbons (Fsp3) is 0. The lowest BCUT2D eigenvalue weighted by Crippen LogP contribution is -2.05. The Bertz CT molecular complexity index is 356. The van der Waals surface area contributed by atoms with Crippen molar-refractivity contribution < 1.29 is 19.5 Å². The van der Waals surface area contributed by atoms with E-state index in [-0.39, 0.29) is 10.6 Å². The van der Waals surface area contributed by atoms with Crippen LogP contribution in [0.3, 0.4) is 0 Å². The van der Waals surface area contributed by atoms with Crippen LogP contribution in [0.2, 0.25) is 5.02 Å². The second kappa shape index (κ2) is 3.59. The zero-order valence-electron chi connectivity index (χ0n) is 6.21. The van der Waals surface area contributed by atoms with Crippen LogP contribution in [-0.4, -0.2) is 16.3 Å². The van der Waals surface area contributed by atoms with Gasteiger partial charge in [0.15, 0.2) is 5.82 Å². The van der Waals surface area contributed by atoms with E-state index < -0.39 is 17.5 Å². The summed E-state index contributed by atoms with van der Waals surface area (Å²) in [5.41, 5.74) is 0.519. The Hall–Kier alpha value is -1.33. The summed E-state index contributed by atoms with van der Waals surface area (Å²) >= 11 is 5.35. The van der Waals surface area contributed by atoms with E-state index in [1.165, 1.54) is 5.48 Å². The van der Waals surface area contributed by atoms with Crippen LogP contribution in [0.15, 0.2) is 12.1 Å². The molecule has 0 aliphatic heterocycles. The van der Waals surface area contributed by atoms with Gasteiger partial charge in [0.1, 0.15) is 5.69 Å². The van der Waals surface area contributed by atoms with Crippen LogP contribution in [0.4, 0.5) is 10.1 Å². The van der Waals surface area contributed by atoms with Crippen molar-refractivity contribution in [3.8, 4) is 0 Å². The molecule has 0 aliphatic rings. The number of aromatic carboxylic acids is 1. The van der Waals surface area contributed by atoms with Crippen molar-refractivity contribution in [1.29, 1.82) is 0 Å². The summed E-state index contributed by atoms with van der Waals surface area (Å²) in [5.74, 6) is -2.35. The topological polar surface area (TPSA) is 69.6 Å². The Balaban J connectivity index is 3.38. The van der Waals surface area contributed by atoms with Gasteiger partial charge in [0.25, 0.3) is 0 Å². The molecule has 0 saturated carbocycles. The number of hydrogen-bond donors (Lipinski definition) is 3. The Labute approximate surface area is 77.5 Å². The van der Waals surface area contributed by atoms with Gasteiger partial charge in [-0.1, -0.05) is 11.6 Å². The first-order valence-electron chi connectivity index (χ1n) is 3.19. The van der Waals surface area contributed by atoms with Crippen LogP contribution in [-0.2, 0) is 0 Å². The molecule has 0 aromatic heterocycles. The summed E-state index contributed by atoms with van der Waals surface area (Å²) in [5, 5.41) is 16.7. The minimum Gasteiger partial charge on any atom is -0.478 e. The van der Waals surface area contributed by atoms with E-state index >= 15 is 0 Å². The van der Waals surface area contributed by atoms with E-state index in [2.05, 4.69) is 0 Å². The molecule has 0 heterocycles. The van der Waals surface area contributed by atoms with Crippen LogP contribution in [0.1, 0.15) is 10.4 Å². The number of nitrogens with one attached hydrogen (secondary N) is 1. The maximum absolute atomic E-state index is 13.0. The number of anilines is 1. The van der Waals surface area contributed by atoms with Crippen LogP contribution in [0.5, 0.6) is 0 Å². The zero-order chi connectivity index (χ0) is 10.0. The molecular formula is C7H5ClFNO3. The molecule has 0 amide bonds. The maximum Gasteiger partial charge on any atom is 0.337 e. The molecule has 1 rings (SSSR count). The molecule has 0 fully saturated rings. The molecule has 0 bridgehead atoms. The Morgan fingerprint density at radius 2 is 2.15 bits per heavy atom. The third kappa shape index (κ3) is 1.71. The molecule has 0 unspecified atom stereocenters. The van der Waals surface area contributed by atoms with Gasteiger partial charge in [0, 0.05) is 0 Å². The molecule has 70 valence electrons. The molecule has 0 saturated heterocycles. The summed E-state index contributed by atoms with van der Waals surface area (Å²) < 4.78 is 13.0. The van der Waals surface area contributed by atoms with Crippen molar-refractivity contribution in [3.63, 3.8) is 0 Å². The first-order valence-corrected chi connectivity index (χ1v) is 3.57. The van der Waals surface area contributed by atoms with E-state index in [9.17, 15) is 9.18 Å². The highest BCUT2D eigenvalue weighted by Gasteiger charge is 2.16. The lowest BCUT2D eigenvalue weighted by Gasteiger charge is -2.05. The van der Waals surface area contributed by atoms with Gasteiger partial charge in [0.05, 0.1) is 10.6 Å². The summed E-state index contributed by atoms with van der Waals surface area (Å²) in [6.45, 7) is 0. The van der Waals surface area contributed by atoms with Gasteiger partial charge in [0.2, 0.25) is 0 Å². The number of hydrogen-bond acceptors (Lipinski definition) is 3. The van der Waals surface area contributed by atoms with Crippen molar-refractivity contribution in [2.75, 3.05) is 5.48 Å². The van der Waals surface area contributed by atoms with Crippen molar-refractivity contribution in [2.45, 2.75) is 0 Å². The Morgan fingerprint density at radius 1 is 1.54 bits per heavy atom. The van der Waals surface area contributed by atoms with Crippen molar-refractivity contribution in [1.82, 2.24) is 0 Å². The fourth-order valence-corrected chi connectivity index (χ4v) is 0.996. The SMILES string of the molecule is O=C(O)c1ccc(Cl)c(F)c1NO. The van der Waals surface area contributed by atoms with E-state index in [1.54, 1.807) is 0 Å². The van der Waals surface area contributed by atoms with Crippen molar-refractivity contribution in [2.24, 2.45) is 0 Å². The highest BCUT2D eigenvalue weighted by molar-refractivity contribution is 6.31. The summed E-state index contributed by atoms with van der Waals surface area (Å²) in [4.78, 5) is 10.5. The van der Waals surface area contributed by atoms with E-state index in [1.807, 2.05) is 0 Å². The normalized spacial score (nSPS) is 9.77. The highest BCUT2D eigenvalue weighted by atomic mass is 35.5. The smallest absolute Gasteiger partial charge is 0.337 e. The predicted octanol–water partition coefficient (Wildman–Crippen LogP) is 1.98. The van der Waals surface area contributed by atoms with E-state index in [0.717, 1.165) is 12.1 Å². The van der Waals surface area contributed by atoms with Crippen LogP contribution in [0.25, 0.3) is 0 Å². The maximum atomic E-state index is 13.0. The lowest BCUT2D eigenvalue weighted by atomic mass is 10.2. The van der Waals surface area contributed by atoms with E-state index in [4.69, 9.17) is 21.9 Å². The van der Waals surface area contributed by atoms with Gasteiger partial charge in [-0.2, -0.15) is 0 Å². The van der Waals surface area contributed by atoms with Gasteiger partial charge in [-0.15, -0.1) is 0 Å². The van der Waals surface area contributed by atoms with Gasteiger partial charge in [-0.3, -0.25) is 10.7 Å².